The predicted molar refractivity (Wildman–Crippen MR) is 91.8 cm³/mol. The fourth-order valence-corrected chi connectivity index (χ4v) is 2.83. The molecule has 0 bridgehead atoms. The fourth-order valence-electron chi connectivity index (χ4n) is 2.83. The van der Waals surface area contributed by atoms with Gasteiger partial charge >= 0.3 is 13.2 Å². The van der Waals surface area contributed by atoms with Crippen LogP contribution in [0.15, 0.2) is 18.3 Å². The standard InChI is InChI=1S/C16H24BN3O4/c1-15(2)16(3,4)24-17(23-15)12-5-6-13(18-11-12)19-7-9-20(10-8-19)14(21)22/h5-6,11H,7-10H2,1-4H3,(H,21,22). The molecule has 0 radical (unpaired) electrons. The number of rotatable bonds is 2. The minimum atomic E-state index is -0.862. The Hall–Kier alpha value is -1.80. The van der Waals surface area contributed by atoms with Crippen LogP contribution in [0, 0.1) is 0 Å². The zero-order chi connectivity index (χ0) is 17.5. The number of anilines is 1. The Bertz CT molecular complexity index is 596. The summed E-state index contributed by atoms with van der Waals surface area (Å²) in [4.78, 5) is 19.0. The van der Waals surface area contributed by atoms with Crippen molar-refractivity contribution < 1.29 is 19.2 Å². The van der Waals surface area contributed by atoms with Gasteiger partial charge in [0.1, 0.15) is 5.82 Å². The summed E-state index contributed by atoms with van der Waals surface area (Å²) < 4.78 is 12.1. The first kappa shape index (κ1) is 17.0. The quantitative estimate of drug-likeness (QED) is 0.820. The lowest BCUT2D eigenvalue weighted by Gasteiger charge is -2.33. The van der Waals surface area contributed by atoms with Crippen LogP contribution in [-0.2, 0) is 9.31 Å². The third kappa shape index (κ3) is 3.08. The first-order chi connectivity index (χ1) is 11.2. The Morgan fingerprint density at radius 2 is 1.71 bits per heavy atom. The predicted octanol–water partition coefficient (Wildman–Crippen LogP) is 1.18. The van der Waals surface area contributed by atoms with Crippen LogP contribution in [0.2, 0.25) is 0 Å². The smallest absolute Gasteiger partial charge is 0.465 e. The summed E-state index contributed by atoms with van der Waals surface area (Å²) in [5.74, 6) is 0.848. The normalized spacial score (nSPS) is 22.8. The van der Waals surface area contributed by atoms with Gasteiger partial charge in [0, 0.05) is 37.8 Å². The molecule has 3 rings (SSSR count). The number of carboxylic acid groups (broad SMARTS) is 1. The number of nitrogens with zero attached hydrogens (tertiary/aromatic N) is 3. The van der Waals surface area contributed by atoms with Gasteiger partial charge in [0.05, 0.1) is 11.2 Å². The molecule has 2 fully saturated rings. The molecule has 1 aromatic heterocycles. The summed E-state index contributed by atoms with van der Waals surface area (Å²) in [7, 11) is -0.416. The monoisotopic (exact) mass is 333 g/mol. The number of hydrogen-bond acceptors (Lipinski definition) is 5. The molecule has 24 heavy (non-hydrogen) atoms. The van der Waals surface area contributed by atoms with Crippen LogP contribution in [0.3, 0.4) is 0 Å². The lowest BCUT2D eigenvalue weighted by atomic mass is 9.80. The van der Waals surface area contributed by atoms with Crippen LogP contribution in [0.1, 0.15) is 27.7 Å². The van der Waals surface area contributed by atoms with Gasteiger partial charge in [-0.1, -0.05) is 6.07 Å². The van der Waals surface area contributed by atoms with E-state index >= 15 is 0 Å². The van der Waals surface area contributed by atoms with Crippen LogP contribution in [0.4, 0.5) is 10.6 Å². The number of hydrogen-bond donors (Lipinski definition) is 1. The van der Waals surface area contributed by atoms with E-state index in [1.807, 2.05) is 39.8 Å². The van der Waals surface area contributed by atoms with E-state index in [0.717, 1.165) is 11.3 Å². The number of aromatic nitrogens is 1. The van der Waals surface area contributed by atoms with E-state index in [2.05, 4.69) is 9.88 Å². The van der Waals surface area contributed by atoms with E-state index in [9.17, 15) is 4.79 Å². The van der Waals surface area contributed by atoms with Gasteiger partial charge in [0.2, 0.25) is 0 Å². The van der Waals surface area contributed by atoms with Crippen molar-refractivity contribution in [3.05, 3.63) is 18.3 Å². The van der Waals surface area contributed by atoms with Crippen molar-refractivity contribution in [1.29, 1.82) is 0 Å². The highest BCUT2D eigenvalue weighted by Gasteiger charge is 2.51. The maximum atomic E-state index is 11.0. The third-order valence-corrected chi connectivity index (χ3v) is 5.17. The van der Waals surface area contributed by atoms with E-state index in [1.165, 1.54) is 4.90 Å². The maximum absolute atomic E-state index is 11.0. The highest BCUT2D eigenvalue weighted by Crippen LogP contribution is 2.36. The van der Waals surface area contributed by atoms with E-state index in [1.54, 1.807) is 6.20 Å². The Kier molecular flexibility index (Phi) is 4.21. The number of pyridine rings is 1. The number of piperazine rings is 1. The van der Waals surface area contributed by atoms with Crippen LogP contribution in [0.25, 0.3) is 0 Å². The minimum Gasteiger partial charge on any atom is -0.465 e. The molecule has 0 atom stereocenters. The Balaban J connectivity index is 1.66. The molecule has 1 amide bonds. The van der Waals surface area contributed by atoms with Crippen molar-refractivity contribution in [2.24, 2.45) is 0 Å². The summed E-state index contributed by atoms with van der Waals surface area (Å²) in [5.41, 5.74) is 0.147. The molecule has 1 aromatic rings. The van der Waals surface area contributed by atoms with Crippen molar-refractivity contribution in [2.75, 3.05) is 31.1 Å². The van der Waals surface area contributed by atoms with Gasteiger partial charge in [-0.05, 0) is 33.8 Å². The molecule has 0 saturated carbocycles. The first-order valence-corrected chi connectivity index (χ1v) is 8.24. The molecular weight excluding hydrogens is 309 g/mol. The molecule has 2 aliphatic heterocycles. The van der Waals surface area contributed by atoms with Gasteiger partial charge in [-0.2, -0.15) is 0 Å². The summed E-state index contributed by atoms with van der Waals surface area (Å²) in [6.07, 6.45) is 0.917. The van der Waals surface area contributed by atoms with Gasteiger partial charge < -0.3 is 24.2 Å². The topological polar surface area (TPSA) is 75.1 Å². The molecular formula is C16H24BN3O4. The molecule has 0 unspecified atom stereocenters. The maximum Gasteiger partial charge on any atom is 0.496 e. The second-order valence-electron chi connectivity index (χ2n) is 7.29. The molecule has 0 aromatic carbocycles. The molecule has 130 valence electrons. The summed E-state index contributed by atoms with van der Waals surface area (Å²) >= 11 is 0. The van der Waals surface area contributed by atoms with E-state index in [0.29, 0.717) is 26.2 Å². The van der Waals surface area contributed by atoms with Gasteiger partial charge in [0.15, 0.2) is 0 Å². The van der Waals surface area contributed by atoms with Crippen molar-refractivity contribution in [3.63, 3.8) is 0 Å². The molecule has 3 heterocycles. The van der Waals surface area contributed by atoms with Crippen molar-refractivity contribution >= 4 is 24.5 Å². The van der Waals surface area contributed by atoms with Gasteiger partial charge in [-0.15, -0.1) is 0 Å². The molecule has 8 heteroatoms. The molecule has 2 saturated heterocycles. The Morgan fingerprint density at radius 1 is 1.12 bits per heavy atom. The van der Waals surface area contributed by atoms with Gasteiger partial charge in [-0.3, -0.25) is 0 Å². The van der Waals surface area contributed by atoms with Crippen LogP contribution < -0.4 is 10.4 Å². The summed E-state index contributed by atoms with van der Waals surface area (Å²) in [6, 6.07) is 3.91. The Labute approximate surface area is 142 Å². The minimum absolute atomic E-state index is 0.372. The molecule has 2 aliphatic rings. The lowest BCUT2D eigenvalue weighted by Crippen LogP contribution is -2.48. The van der Waals surface area contributed by atoms with Crippen LogP contribution in [0.5, 0.6) is 0 Å². The van der Waals surface area contributed by atoms with Crippen LogP contribution >= 0.6 is 0 Å². The largest absolute Gasteiger partial charge is 0.496 e. The lowest BCUT2D eigenvalue weighted by molar-refractivity contribution is 0.00578. The zero-order valence-electron chi connectivity index (χ0n) is 14.7. The molecule has 0 spiro atoms. The molecule has 0 aliphatic carbocycles. The van der Waals surface area contributed by atoms with Gasteiger partial charge in [-0.25, -0.2) is 9.78 Å². The zero-order valence-corrected chi connectivity index (χ0v) is 14.7. The van der Waals surface area contributed by atoms with E-state index in [4.69, 9.17) is 14.4 Å². The average Bonchev–Trinajstić information content (AvgIpc) is 2.76. The highest BCUT2D eigenvalue weighted by molar-refractivity contribution is 6.62. The fraction of sp³-hybridized carbons (Fsp3) is 0.625. The molecule has 7 nitrogen and oxygen atoms in total. The van der Waals surface area contributed by atoms with Gasteiger partial charge in [0.25, 0.3) is 0 Å². The number of amides is 1. The first-order valence-electron chi connectivity index (χ1n) is 8.24. The second kappa shape index (κ2) is 5.93. The second-order valence-corrected chi connectivity index (χ2v) is 7.29. The summed E-state index contributed by atoms with van der Waals surface area (Å²) in [5, 5.41) is 9.00. The number of carbonyl (C=O) groups is 1. The summed E-state index contributed by atoms with van der Waals surface area (Å²) in [6.45, 7) is 10.4. The molecule has 1 N–H and O–H groups in total. The van der Waals surface area contributed by atoms with Crippen molar-refractivity contribution in [1.82, 2.24) is 9.88 Å². The van der Waals surface area contributed by atoms with Crippen molar-refractivity contribution in [3.8, 4) is 0 Å². The van der Waals surface area contributed by atoms with Crippen LogP contribution in [-0.4, -0.2) is 65.6 Å². The third-order valence-electron chi connectivity index (χ3n) is 5.17. The van der Waals surface area contributed by atoms with E-state index in [-0.39, 0.29) is 11.2 Å². The van der Waals surface area contributed by atoms with Crippen molar-refractivity contribution in [2.45, 2.75) is 38.9 Å². The van der Waals surface area contributed by atoms with E-state index < -0.39 is 13.2 Å². The average molecular weight is 333 g/mol. The highest BCUT2D eigenvalue weighted by atomic mass is 16.7. The Morgan fingerprint density at radius 3 is 2.17 bits per heavy atom. The SMILES string of the molecule is CC1(C)OB(c2ccc(N3CCN(C(=O)O)CC3)nc2)OC1(C)C.